The highest BCUT2D eigenvalue weighted by Gasteiger charge is 2.14. The number of carboxylic acid groups (broad SMARTS) is 1. The summed E-state index contributed by atoms with van der Waals surface area (Å²) in [6.45, 7) is 8.09. The second-order valence-corrected chi connectivity index (χ2v) is 4.57. The van der Waals surface area contributed by atoms with Gasteiger partial charge in [0.05, 0.1) is 5.97 Å². The maximum absolute atomic E-state index is 10.7. The molecule has 0 atom stereocenters. The molecule has 0 spiro atoms. The van der Waals surface area contributed by atoms with Crippen molar-refractivity contribution in [1.82, 2.24) is 0 Å². The maximum atomic E-state index is 10.7. The molecule has 0 aliphatic heterocycles. The Hall–Kier alpha value is -1.31. The number of carboxylic acids is 1. The van der Waals surface area contributed by atoms with Crippen molar-refractivity contribution in [1.29, 1.82) is 0 Å². The van der Waals surface area contributed by atoms with Crippen LogP contribution in [0.15, 0.2) is 18.2 Å². The summed E-state index contributed by atoms with van der Waals surface area (Å²) in [6, 6.07) is 5.37. The van der Waals surface area contributed by atoms with Crippen LogP contribution < -0.4 is 5.11 Å². The largest absolute Gasteiger partial charge is 0.545 e. The summed E-state index contributed by atoms with van der Waals surface area (Å²) in [4.78, 5) is 10.7. The summed E-state index contributed by atoms with van der Waals surface area (Å²) >= 11 is 0. The summed E-state index contributed by atoms with van der Waals surface area (Å²) in [5.41, 5.74) is 2.23. The molecule has 0 bridgehead atoms. The molecule has 1 aromatic rings. The molecule has 1 rings (SSSR count). The van der Waals surface area contributed by atoms with Crippen LogP contribution in [0.5, 0.6) is 0 Å². The Bertz CT molecular complexity index is 359. The number of aromatic carboxylic acids is 1. The number of carbonyl (C=O) groups is 1. The minimum atomic E-state index is -1.11. The van der Waals surface area contributed by atoms with Crippen molar-refractivity contribution in [3.05, 3.63) is 34.9 Å². The van der Waals surface area contributed by atoms with Crippen LogP contribution in [0, 0.1) is 6.92 Å². The van der Waals surface area contributed by atoms with Gasteiger partial charge >= 0.3 is 0 Å². The minimum absolute atomic E-state index is 0.0508. The van der Waals surface area contributed by atoms with E-state index in [1.165, 1.54) is 0 Å². The number of hydrogen-bond donors (Lipinski definition) is 0. The topological polar surface area (TPSA) is 40.1 Å². The number of carbonyl (C=O) groups excluding carboxylic acids is 1. The molecule has 1 aromatic carbocycles. The fourth-order valence-electron chi connectivity index (χ4n) is 1.36. The summed E-state index contributed by atoms with van der Waals surface area (Å²) in [7, 11) is 0. The molecule has 0 fully saturated rings. The van der Waals surface area contributed by atoms with E-state index in [1.54, 1.807) is 13.0 Å². The number of hydrogen-bond acceptors (Lipinski definition) is 2. The highest BCUT2D eigenvalue weighted by molar-refractivity contribution is 5.87. The van der Waals surface area contributed by atoms with Gasteiger partial charge in [0, 0.05) is 5.56 Å². The standard InChI is InChI=1S/C12H16O2/c1-8-7-9(12(2,3)4)5-6-10(8)11(13)14/h5-7H,1-4H3,(H,13,14)/p-1. The highest BCUT2D eigenvalue weighted by atomic mass is 16.4. The van der Waals surface area contributed by atoms with Gasteiger partial charge in [-0.25, -0.2) is 0 Å². The van der Waals surface area contributed by atoms with Gasteiger partial charge in [0.2, 0.25) is 0 Å². The Morgan fingerprint density at radius 3 is 2.21 bits per heavy atom. The monoisotopic (exact) mass is 191 g/mol. The molecule has 0 saturated heterocycles. The summed E-state index contributed by atoms with van der Waals surface area (Å²) < 4.78 is 0. The van der Waals surface area contributed by atoms with E-state index >= 15 is 0 Å². The molecule has 0 radical (unpaired) electrons. The molecular weight excluding hydrogens is 176 g/mol. The molecular formula is C12H15O2-. The number of benzene rings is 1. The predicted molar refractivity (Wildman–Crippen MR) is 54.2 cm³/mol. The first-order chi connectivity index (χ1) is 6.32. The number of rotatable bonds is 1. The Kier molecular flexibility index (Phi) is 2.65. The zero-order valence-corrected chi connectivity index (χ0v) is 9.05. The average molecular weight is 191 g/mol. The van der Waals surface area contributed by atoms with Crippen molar-refractivity contribution >= 4 is 5.97 Å². The van der Waals surface area contributed by atoms with E-state index in [2.05, 4.69) is 20.8 Å². The molecule has 0 saturated carbocycles. The van der Waals surface area contributed by atoms with Gasteiger partial charge in [-0.3, -0.25) is 0 Å². The molecule has 0 aromatic heterocycles. The molecule has 2 nitrogen and oxygen atoms in total. The predicted octanol–water partition coefficient (Wildman–Crippen LogP) is 1.66. The Labute approximate surface area is 84.6 Å². The van der Waals surface area contributed by atoms with E-state index in [-0.39, 0.29) is 11.0 Å². The molecule has 0 aliphatic carbocycles. The van der Waals surface area contributed by atoms with Crippen LogP contribution in [-0.4, -0.2) is 5.97 Å². The SMILES string of the molecule is Cc1cc(C(C)(C)C)ccc1C(=O)[O-]. The third-order valence-corrected chi connectivity index (χ3v) is 2.31. The Morgan fingerprint density at radius 1 is 1.29 bits per heavy atom. The van der Waals surface area contributed by atoms with Gasteiger partial charge in [-0.2, -0.15) is 0 Å². The van der Waals surface area contributed by atoms with Crippen LogP contribution in [0.4, 0.5) is 0 Å². The lowest BCUT2D eigenvalue weighted by Crippen LogP contribution is -2.23. The lowest BCUT2D eigenvalue weighted by atomic mass is 9.85. The fourth-order valence-corrected chi connectivity index (χ4v) is 1.36. The van der Waals surface area contributed by atoms with Crippen molar-refractivity contribution in [3.8, 4) is 0 Å². The van der Waals surface area contributed by atoms with Crippen LogP contribution in [0.1, 0.15) is 42.3 Å². The van der Waals surface area contributed by atoms with E-state index in [0.29, 0.717) is 0 Å². The average Bonchev–Trinajstić information content (AvgIpc) is 2.01. The van der Waals surface area contributed by atoms with Crippen molar-refractivity contribution in [2.75, 3.05) is 0 Å². The Balaban J connectivity index is 3.20. The normalized spacial score (nSPS) is 11.4. The van der Waals surface area contributed by atoms with Crippen LogP contribution in [-0.2, 0) is 5.41 Å². The Morgan fingerprint density at radius 2 is 1.86 bits per heavy atom. The van der Waals surface area contributed by atoms with E-state index in [4.69, 9.17) is 0 Å². The zero-order valence-electron chi connectivity index (χ0n) is 9.05. The van der Waals surface area contributed by atoms with Crippen molar-refractivity contribution in [2.24, 2.45) is 0 Å². The van der Waals surface area contributed by atoms with Crippen LogP contribution in [0.25, 0.3) is 0 Å². The molecule has 0 aliphatic rings. The first-order valence-electron chi connectivity index (χ1n) is 4.65. The second kappa shape index (κ2) is 3.45. The highest BCUT2D eigenvalue weighted by Crippen LogP contribution is 2.24. The maximum Gasteiger partial charge on any atom is 0.0717 e. The fraction of sp³-hybridized carbons (Fsp3) is 0.417. The minimum Gasteiger partial charge on any atom is -0.545 e. The van der Waals surface area contributed by atoms with Gasteiger partial charge in [0.1, 0.15) is 0 Å². The lowest BCUT2D eigenvalue weighted by molar-refractivity contribution is -0.255. The van der Waals surface area contributed by atoms with E-state index in [0.717, 1.165) is 11.1 Å². The van der Waals surface area contributed by atoms with Crippen molar-refractivity contribution < 1.29 is 9.90 Å². The van der Waals surface area contributed by atoms with Gasteiger partial charge in [-0.15, -0.1) is 0 Å². The molecule has 14 heavy (non-hydrogen) atoms. The van der Waals surface area contributed by atoms with Crippen molar-refractivity contribution in [3.63, 3.8) is 0 Å². The molecule has 2 heteroatoms. The van der Waals surface area contributed by atoms with Gasteiger partial charge in [-0.1, -0.05) is 39.0 Å². The van der Waals surface area contributed by atoms with E-state index in [9.17, 15) is 9.90 Å². The van der Waals surface area contributed by atoms with Crippen molar-refractivity contribution in [2.45, 2.75) is 33.1 Å². The molecule has 0 N–H and O–H groups in total. The first kappa shape index (κ1) is 10.8. The van der Waals surface area contributed by atoms with Gasteiger partial charge < -0.3 is 9.90 Å². The molecule has 0 amide bonds. The lowest BCUT2D eigenvalue weighted by Gasteiger charge is -2.20. The quantitative estimate of drug-likeness (QED) is 0.677. The third-order valence-electron chi connectivity index (χ3n) is 2.31. The molecule has 0 unspecified atom stereocenters. The van der Waals surface area contributed by atoms with E-state index < -0.39 is 5.97 Å². The smallest absolute Gasteiger partial charge is 0.0717 e. The molecule has 0 heterocycles. The summed E-state index contributed by atoms with van der Waals surface area (Å²) in [6.07, 6.45) is 0. The summed E-state index contributed by atoms with van der Waals surface area (Å²) in [5.74, 6) is -1.11. The van der Waals surface area contributed by atoms with Gasteiger partial charge in [-0.05, 0) is 23.5 Å². The van der Waals surface area contributed by atoms with Crippen LogP contribution >= 0.6 is 0 Å². The van der Waals surface area contributed by atoms with Gasteiger partial charge in [0.25, 0.3) is 0 Å². The van der Waals surface area contributed by atoms with E-state index in [1.807, 2.05) is 12.1 Å². The second-order valence-electron chi connectivity index (χ2n) is 4.57. The molecule has 76 valence electrons. The third kappa shape index (κ3) is 2.13. The number of aryl methyl sites for hydroxylation is 1. The van der Waals surface area contributed by atoms with Crippen LogP contribution in [0.2, 0.25) is 0 Å². The van der Waals surface area contributed by atoms with Gasteiger partial charge in [0.15, 0.2) is 0 Å². The van der Waals surface area contributed by atoms with Crippen LogP contribution in [0.3, 0.4) is 0 Å². The summed E-state index contributed by atoms with van der Waals surface area (Å²) in [5, 5.41) is 10.7. The zero-order chi connectivity index (χ0) is 10.9. The first-order valence-corrected chi connectivity index (χ1v) is 4.65.